The highest BCUT2D eigenvalue weighted by Gasteiger charge is 2.23. The molecule has 0 aliphatic rings. The molecule has 7 nitrogen and oxygen atoms in total. The second-order valence-corrected chi connectivity index (χ2v) is 7.95. The Kier molecular flexibility index (Phi) is 7.19. The van der Waals surface area contributed by atoms with Gasteiger partial charge in [0.2, 0.25) is 15.9 Å². The van der Waals surface area contributed by atoms with Crippen LogP contribution in [0.5, 0.6) is 0 Å². The van der Waals surface area contributed by atoms with Gasteiger partial charge in [0.25, 0.3) is 5.91 Å². The van der Waals surface area contributed by atoms with Crippen LogP contribution in [0.15, 0.2) is 23.1 Å². The molecular weight excluding hydrogens is 354 g/mol. The van der Waals surface area contributed by atoms with Crippen molar-refractivity contribution in [1.82, 2.24) is 14.9 Å². The molecule has 0 radical (unpaired) electrons. The summed E-state index contributed by atoms with van der Waals surface area (Å²) in [5, 5.41) is 5.22. The Bertz CT molecular complexity index is 719. The minimum atomic E-state index is -3.78. The molecule has 1 aromatic rings. The van der Waals surface area contributed by atoms with Gasteiger partial charge in [0.1, 0.15) is 10.9 Å². The van der Waals surface area contributed by atoms with Gasteiger partial charge in [0.15, 0.2) is 0 Å². The van der Waals surface area contributed by atoms with Crippen LogP contribution in [0.4, 0.5) is 0 Å². The Morgan fingerprint density at radius 1 is 1.29 bits per heavy atom. The van der Waals surface area contributed by atoms with Crippen molar-refractivity contribution in [2.45, 2.75) is 31.2 Å². The summed E-state index contributed by atoms with van der Waals surface area (Å²) in [4.78, 5) is 23.9. The summed E-state index contributed by atoms with van der Waals surface area (Å²) in [6.07, 6.45) is 0.787. The Labute approximate surface area is 147 Å². The predicted octanol–water partition coefficient (Wildman–Crippen LogP) is 1.23. The maximum Gasteiger partial charge on any atom is 0.251 e. The van der Waals surface area contributed by atoms with Crippen molar-refractivity contribution in [3.05, 3.63) is 28.8 Å². The lowest BCUT2D eigenvalue weighted by Crippen LogP contribution is -2.45. The van der Waals surface area contributed by atoms with E-state index in [-0.39, 0.29) is 21.4 Å². The molecule has 0 bridgehead atoms. The minimum absolute atomic E-state index is 0.0222. The predicted molar refractivity (Wildman–Crippen MR) is 92.6 cm³/mol. The molecular formula is C15H22ClN3O4S. The van der Waals surface area contributed by atoms with Gasteiger partial charge in [-0.25, -0.2) is 12.7 Å². The molecule has 0 spiro atoms. The summed E-state index contributed by atoms with van der Waals surface area (Å²) in [5.74, 6) is -0.860. The van der Waals surface area contributed by atoms with E-state index >= 15 is 0 Å². The zero-order valence-electron chi connectivity index (χ0n) is 14.1. The standard InChI is InChI=1S/C15H22ClN3O4S/c1-5-8-17-14(20)10(2)18-15(21)11-6-7-12(16)13(9-11)24(22,23)19(3)4/h6-7,9-10H,5,8H2,1-4H3,(H,17,20)(H,18,21)/t10-/m1/s1. The first-order chi connectivity index (χ1) is 11.1. The average Bonchev–Trinajstić information content (AvgIpc) is 2.52. The summed E-state index contributed by atoms with van der Waals surface area (Å²) >= 11 is 5.94. The number of hydrogen-bond donors (Lipinski definition) is 2. The van der Waals surface area contributed by atoms with E-state index < -0.39 is 22.0 Å². The number of carbonyl (C=O) groups excluding carboxylic acids is 2. The van der Waals surface area contributed by atoms with Gasteiger partial charge >= 0.3 is 0 Å². The van der Waals surface area contributed by atoms with Gasteiger partial charge in [-0.2, -0.15) is 0 Å². The molecule has 0 aromatic heterocycles. The quantitative estimate of drug-likeness (QED) is 0.749. The van der Waals surface area contributed by atoms with E-state index in [0.717, 1.165) is 10.7 Å². The van der Waals surface area contributed by atoms with Crippen molar-refractivity contribution in [2.24, 2.45) is 0 Å². The van der Waals surface area contributed by atoms with Gasteiger partial charge < -0.3 is 10.6 Å². The van der Waals surface area contributed by atoms with Crippen LogP contribution in [0.1, 0.15) is 30.6 Å². The number of amides is 2. The number of halogens is 1. The average molecular weight is 376 g/mol. The van der Waals surface area contributed by atoms with Crippen LogP contribution >= 0.6 is 11.6 Å². The van der Waals surface area contributed by atoms with Crippen LogP contribution in [-0.2, 0) is 14.8 Å². The van der Waals surface area contributed by atoms with Crippen molar-refractivity contribution in [3.63, 3.8) is 0 Å². The summed E-state index contributed by atoms with van der Waals surface area (Å²) in [6, 6.07) is 3.20. The largest absolute Gasteiger partial charge is 0.354 e. The monoisotopic (exact) mass is 375 g/mol. The van der Waals surface area contributed by atoms with E-state index in [4.69, 9.17) is 11.6 Å². The van der Waals surface area contributed by atoms with Crippen LogP contribution in [0.2, 0.25) is 5.02 Å². The van der Waals surface area contributed by atoms with Crippen molar-refractivity contribution < 1.29 is 18.0 Å². The van der Waals surface area contributed by atoms with Crippen molar-refractivity contribution in [1.29, 1.82) is 0 Å². The van der Waals surface area contributed by atoms with Gasteiger partial charge in [-0.3, -0.25) is 9.59 Å². The Balaban J connectivity index is 2.99. The third-order valence-corrected chi connectivity index (χ3v) is 5.54. The van der Waals surface area contributed by atoms with Crippen molar-refractivity contribution in [2.75, 3.05) is 20.6 Å². The highest BCUT2D eigenvalue weighted by atomic mass is 35.5. The zero-order valence-corrected chi connectivity index (χ0v) is 15.7. The summed E-state index contributed by atoms with van der Waals surface area (Å²) < 4.78 is 25.5. The van der Waals surface area contributed by atoms with E-state index in [1.807, 2.05) is 6.92 Å². The summed E-state index contributed by atoms with van der Waals surface area (Å²) in [5.41, 5.74) is 0.106. The number of nitrogens with one attached hydrogen (secondary N) is 2. The van der Waals surface area contributed by atoms with E-state index in [9.17, 15) is 18.0 Å². The van der Waals surface area contributed by atoms with Crippen molar-refractivity contribution >= 4 is 33.4 Å². The molecule has 1 rings (SSSR count). The number of hydrogen-bond acceptors (Lipinski definition) is 4. The first-order valence-electron chi connectivity index (χ1n) is 7.42. The first-order valence-corrected chi connectivity index (χ1v) is 9.23. The number of carbonyl (C=O) groups is 2. The maximum absolute atomic E-state index is 12.3. The Morgan fingerprint density at radius 3 is 2.46 bits per heavy atom. The SMILES string of the molecule is CCCNC(=O)[C@@H](C)NC(=O)c1ccc(Cl)c(S(=O)(=O)N(C)C)c1. The molecule has 0 aliphatic carbocycles. The fraction of sp³-hybridized carbons (Fsp3) is 0.467. The van der Waals surface area contributed by atoms with E-state index in [0.29, 0.717) is 6.54 Å². The highest BCUT2D eigenvalue weighted by Crippen LogP contribution is 2.24. The molecule has 2 amide bonds. The molecule has 9 heteroatoms. The number of benzene rings is 1. The van der Waals surface area contributed by atoms with Gasteiger partial charge in [0.05, 0.1) is 5.02 Å². The van der Waals surface area contributed by atoms with Crippen LogP contribution in [0, 0.1) is 0 Å². The lowest BCUT2D eigenvalue weighted by molar-refractivity contribution is -0.122. The van der Waals surface area contributed by atoms with E-state index in [1.54, 1.807) is 6.92 Å². The molecule has 0 heterocycles. The van der Waals surface area contributed by atoms with E-state index in [2.05, 4.69) is 10.6 Å². The summed E-state index contributed by atoms with van der Waals surface area (Å²) in [7, 11) is -1.03. The zero-order chi connectivity index (χ0) is 18.5. The molecule has 1 atom stereocenters. The van der Waals surface area contributed by atoms with Gasteiger partial charge in [-0.05, 0) is 31.5 Å². The Hall–Kier alpha value is -1.64. The second kappa shape index (κ2) is 8.46. The molecule has 0 saturated heterocycles. The van der Waals surface area contributed by atoms with Crippen LogP contribution in [0.3, 0.4) is 0 Å². The van der Waals surface area contributed by atoms with Crippen LogP contribution < -0.4 is 10.6 Å². The summed E-state index contributed by atoms with van der Waals surface area (Å²) in [6.45, 7) is 3.99. The van der Waals surface area contributed by atoms with E-state index in [1.165, 1.54) is 32.3 Å². The molecule has 2 N–H and O–H groups in total. The van der Waals surface area contributed by atoms with Gasteiger partial charge in [0, 0.05) is 26.2 Å². The lowest BCUT2D eigenvalue weighted by Gasteiger charge is -2.16. The first kappa shape index (κ1) is 20.4. The molecule has 24 heavy (non-hydrogen) atoms. The van der Waals surface area contributed by atoms with Crippen LogP contribution in [0.25, 0.3) is 0 Å². The minimum Gasteiger partial charge on any atom is -0.354 e. The molecule has 0 fully saturated rings. The highest BCUT2D eigenvalue weighted by molar-refractivity contribution is 7.89. The third kappa shape index (κ3) is 4.93. The second-order valence-electron chi connectivity index (χ2n) is 5.42. The van der Waals surface area contributed by atoms with Gasteiger partial charge in [-0.1, -0.05) is 18.5 Å². The number of nitrogens with zero attached hydrogens (tertiary/aromatic N) is 1. The molecule has 134 valence electrons. The number of sulfonamides is 1. The van der Waals surface area contributed by atoms with Crippen LogP contribution in [-0.4, -0.2) is 51.2 Å². The third-order valence-electron chi connectivity index (χ3n) is 3.24. The Morgan fingerprint density at radius 2 is 1.92 bits per heavy atom. The molecule has 0 unspecified atom stereocenters. The molecule has 1 aromatic carbocycles. The molecule has 0 saturated carbocycles. The fourth-order valence-electron chi connectivity index (χ4n) is 1.79. The fourth-order valence-corrected chi connectivity index (χ4v) is 3.18. The van der Waals surface area contributed by atoms with Crippen molar-refractivity contribution in [3.8, 4) is 0 Å². The smallest absolute Gasteiger partial charge is 0.251 e. The number of rotatable bonds is 7. The normalized spacial score (nSPS) is 12.8. The maximum atomic E-state index is 12.3. The van der Waals surface area contributed by atoms with Gasteiger partial charge in [-0.15, -0.1) is 0 Å². The topological polar surface area (TPSA) is 95.6 Å². The lowest BCUT2D eigenvalue weighted by atomic mass is 10.2. The molecule has 0 aliphatic heterocycles.